The lowest BCUT2D eigenvalue weighted by Crippen LogP contribution is -2.34. The Labute approximate surface area is 107 Å². The summed E-state index contributed by atoms with van der Waals surface area (Å²) in [6.45, 7) is 12.2. The standard InChI is InChI=1S/C14H30N2O/c1-4-15-13(3)8-6-10-16(5-2)12-14-9-7-11-17-14/h13-15H,4-12H2,1-3H3. The summed E-state index contributed by atoms with van der Waals surface area (Å²) in [6, 6.07) is 0.654. The molecule has 2 unspecified atom stereocenters. The van der Waals surface area contributed by atoms with E-state index in [1.165, 1.54) is 32.2 Å². The van der Waals surface area contributed by atoms with Gasteiger partial charge in [0.1, 0.15) is 0 Å². The van der Waals surface area contributed by atoms with Gasteiger partial charge in [-0.05, 0) is 52.2 Å². The van der Waals surface area contributed by atoms with Crippen LogP contribution in [0.2, 0.25) is 0 Å². The van der Waals surface area contributed by atoms with Crippen LogP contribution in [-0.4, -0.2) is 49.8 Å². The van der Waals surface area contributed by atoms with Gasteiger partial charge in [-0.15, -0.1) is 0 Å². The molecule has 0 aromatic rings. The maximum atomic E-state index is 5.70. The fourth-order valence-electron chi connectivity index (χ4n) is 2.53. The predicted octanol–water partition coefficient (Wildman–Crippen LogP) is 2.27. The van der Waals surface area contributed by atoms with Crippen molar-refractivity contribution in [3.05, 3.63) is 0 Å². The molecule has 0 aliphatic carbocycles. The Morgan fingerprint density at radius 1 is 1.41 bits per heavy atom. The predicted molar refractivity (Wildman–Crippen MR) is 73.5 cm³/mol. The molecule has 102 valence electrons. The van der Waals surface area contributed by atoms with Gasteiger partial charge in [-0.3, -0.25) is 0 Å². The normalized spacial score (nSPS) is 22.2. The molecule has 2 atom stereocenters. The second-order valence-corrected chi connectivity index (χ2v) is 5.13. The highest BCUT2D eigenvalue weighted by atomic mass is 16.5. The minimum absolute atomic E-state index is 0.501. The van der Waals surface area contributed by atoms with Gasteiger partial charge in [0.05, 0.1) is 6.10 Å². The second kappa shape index (κ2) is 8.90. The summed E-state index contributed by atoms with van der Waals surface area (Å²) in [6.07, 6.45) is 5.57. The van der Waals surface area contributed by atoms with Gasteiger partial charge in [-0.25, -0.2) is 0 Å². The molecule has 1 saturated heterocycles. The number of hydrogen-bond donors (Lipinski definition) is 1. The molecule has 0 amide bonds. The van der Waals surface area contributed by atoms with Crippen molar-refractivity contribution in [3.8, 4) is 0 Å². The molecule has 1 fully saturated rings. The molecule has 3 heteroatoms. The van der Waals surface area contributed by atoms with E-state index < -0.39 is 0 Å². The van der Waals surface area contributed by atoms with E-state index in [1.807, 2.05) is 0 Å². The summed E-state index contributed by atoms with van der Waals surface area (Å²) in [4.78, 5) is 2.54. The summed E-state index contributed by atoms with van der Waals surface area (Å²) in [7, 11) is 0. The fourth-order valence-corrected chi connectivity index (χ4v) is 2.53. The minimum atomic E-state index is 0.501. The number of nitrogens with zero attached hydrogens (tertiary/aromatic N) is 1. The molecule has 1 N–H and O–H groups in total. The van der Waals surface area contributed by atoms with Crippen LogP contribution in [0.1, 0.15) is 46.5 Å². The van der Waals surface area contributed by atoms with Crippen LogP contribution in [0, 0.1) is 0 Å². The molecule has 0 aromatic carbocycles. The zero-order valence-corrected chi connectivity index (χ0v) is 11.9. The quantitative estimate of drug-likeness (QED) is 0.671. The lowest BCUT2D eigenvalue weighted by Gasteiger charge is -2.24. The highest BCUT2D eigenvalue weighted by Crippen LogP contribution is 2.13. The molecule has 3 nitrogen and oxygen atoms in total. The average Bonchev–Trinajstić information content (AvgIpc) is 2.81. The molecule has 1 aliphatic rings. The molecule has 0 aromatic heterocycles. The summed E-state index contributed by atoms with van der Waals surface area (Å²) in [5.41, 5.74) is 0. The van der Waals surface area contributed by atoms with Crippen LogP contribution in [0.15, 0.2) is 0 Å². The van der Waals surface area contributed by atoms with Crippen LogP contribution in [0.3, 0.4) is 0 Å². The third-order valence-corrected chi connectivity index (χ3v) is 3.60. The van der Waals surface area contributed by atoms with E-state index in [0.29, 0.717) is 12.1 Å². The van der Waals surface area contributed by atoms with Crippen LogP contribution in [0.4, 0.5) is 0 Å². The first-order valence-corrected chi connectivity index (χ1v) is 7.33. The van der Waals surface area contributed by atoms with Crippen molar-refractivity contribution < 1.29 is 4.74 Å². The largest absolute Gasteiger partial charge is 0.377 e. The van der Waals surface area contributed by atoms with Crippen molar-refractivity contribution in [1.29, 1.82) is 0 Å². The van der Waals surface area contributed by atoms with Gasteiger partial charge in [0.2, 0.25) is 0 Å². The van der Waals surface area contributed by atoms with Gasteiger partial charge in [-0.2, -0.15) is 0 Å². The summed E-state index contributed by atoms with van der Waals surface area (Å²) < 4.78 is 5.70. The lowest BCUT2D eigenvalue weighted by molar-refractivity contribution is 0.0741. The van der Waals surface area contributed by atoms with Crippen molar-refractivity contribution >= 4 is 0 Å². The first-order valence-electron chi connectivity index (χ1n) is 7.33. The van der Waals surface area contributed by atoms with Crippen molar-refractivity contribution in [2.24, 2.45) is 0 Å². The molecular weight excluding hydrogens is 212 g/mol. The fraction of sp³-hybridized carbons (Fsp3) is 1.00. The Kier molecular flexibility index (Phi) is 7.82. The van der Waals surface area contributed by atoms with Crippen LogP contribution in [0.25, 0.3) is 0 Å². The van der Waals surface area contributed by atoms with E-state index in [2.05, 4.69) is 31.0 Å². The van der Waals surface area contributed by atoms with E-state index in [9.17, 15) is 0 Å². The number of hydrogen-bond acceptors (Lipinski definition) is 3. The molecule has 0 radical (unpaired) electrons. The zero-order chi connectivity index (χ0) is 12.5. The number of nitrogens with one attached hydrogen (secondary N) is 1. The van der Waals surface area contributed by atoms with Crippen LogP contribution in [-0.2, 0) is 4.74 Å². The Morgan fingerprint density at radius 2 is 2.24 bits per heavy atom. The van der Waals surface area contributed by atoms with Crippen LogP contribution in [0.5, 0.6) is 0 Å². The Balaban J connectivity index is 2.09. The third-order valence-electron chi connectivity index (χ3n) is 3.60. The van der Waals surface area contributed by atoms with Gasteiger partial charge in [0.15, 0.2) is 0 Å². The van der Waals surface area contributed by atoms with Gasteiger partial charge in [0, 0.05) is 19.2 Å². The molecule has 1 aliphatic heterocycles. The molecule has 0 bridgehead atoms. The Bertz CT molecular complexity index is 181. The molecule has 1 rings (SSSR count). The second-order valence-electron chi connectivity index (χ2n) is 5.13. The first-order chi connectivity index (χ1) is 8.26. The van der Waals surface area contributed by atoms with E-state index in [-0.39, 0.29) is 0 Å². The van der Waals surface area contributed by atoms with E-state index in [4.69, 9.17) is 4.74 Å². The van der Waals surface area contributed by atoms with Gasteiger partial charge in [0.25, 0.3) is 0 Å². The topological polar surface area (TPSA) is 24.5 Å². The number of ether oxygens (including phenoxy) is 1. The zero-order valence-electron chi connectivity index (χ0n) is 11.9. The number of rotatable bonds is 9. The molecule has 0 saturated carbocycles. The molecule has 1 heterocycles. The van der Waals surface area contributed by atoms with Crippen molar-refractivity contribution in [2.75, 3.05) is 32.8 Å². The monoisotopic (exact) mass is 242 g/mol. The average molecular weight is 242 g/mol. The highest BCUT2D eigenvalue weighted by molar-refractivity contribution is 4.70. The minimum Gasteiger partial charge on any atom is -0.377 e. The SMILES string of the molecule is CCNC(C)CCCN(CC)CC1CCCO1. The van der Waals surface area contributed by atoms with E-state index in [1.54, 1.807) is 0 Å². The van der Waals surface area contributed by atoms with Gasteiger partial charge < -0.3 is 15.0 Å². The Hall–Kier alpha value is -0.120. The number of likely N-dealkylation sites (N-methyl/N-ethyl adjacent to an activating group) is 1. The maximum absolute atomic E-state index is 5.70. The summed E-state index contributed by atoms with van der Waals surface area (Å²) in [5, 5.41) is 3.47. The molecular formula is C14H30N2O. The summed E-state index contributed by atoms with van der Waals surface area (Å²) >= 11 is 0. The van der Waals surface area contributed by atoms with Crippen LogP contribution >= 0.6 is 0 Å². The Morgan fingerprint density at radius 3 is 2.82 bits per heavy atom. The first kappa shape index (κ1) is 14.9. The third kappa shape index (κ3) is 6.39. The van der Waals surface area contributed by atoms with Gasteiger partial charge >= 0.3 is 0 Å². The summed E-state index contributed by atoms with van der Waals surface area (Å²) in [5.74, 6) is 0. The molecule has 17 heavy (non-hydrogen) atoms. The lowest BCUT2D eigenvalue weighted by atomic mass is 10.1. The van der Waals surface area contributed by atoms with Crippen molar-refractivity contribution in [3.63, 3.8) is 0 Å². The van der Waals surface area contributed by atoms with E-state index in [0.717, 1.165) is 26.2 Å². The highest BCUT2D eigenvalue weighted by Gasteiger charge is 2.18. The maximum Gasteiger partial charge on any atom is 0.0702 e. The molecule has 0 spiro atoms. The smallest absolute Gasteiger partial charge is 0.0702 e. The van der Waals surface area contributed by atoms with Crippen molar-refractivity contribution in [2.45, 2.75) is 58.6 Å². The van der Waals surface area contributed by atoms with E-state index >= 15 is 0 Å². The van der Waals surface area contributed by atoms with Crippen LogP contribution < -0.4 is 5.32 Å². The van der Waals surface area contributed by atoms with Crippen molar-refractivity contribution in [1.82, 2.24) is 10.2 Å². The van der Waals surface area contributed by atoms with Gasteiger partial charge in [-0.1, -0.05) is 13.8 Å².